The third-order valence-electron chi connectivity index (χ3n) is 4.85. The van der Waals surface area contributed by atoms with Gasteiger partial charge in [-0.3, -0.25) is 14.5 Å². The number of nitrogens with two attached hydrogens (primary N) is 1. The van der Waals surface area contributed by atoms with E-state index in [-0.39, 0.29) is 23.8 Å². The molecule has 0 saturated carbocycles. The van der Waals surface area contributed by atoms with Crippen LogP contribution in [0.5, 0.6) is 0 Å². The fourth-order valence-electron chi connectivity index (χ4n) is 3.53. The lowest BCUT2D eigenvalue weighted by Crippen LogP contribution is -2.44. The van der Waals surface area contributed by atoms with E-state index in [4.69, 9.17) is 5.73 Å². The molecular weight excluding hydrogens is 298 g/mol. The molecule has 0 bridgehead atoms. The average molecular weight is 321 g/mol. The molecule has 5 nitrogen and oxygen atoms in total. The second-order valence-electron chi connectivity index (χ2n) is 6.25. The molecule has 2 aliphatic heterocycles. The zero-order valence-corrected chi connectivity index (χ0v) is 13.6. The number of primary amides is 1. The Kier molecular flexibility index (Phi) is 4.78. The molecule has 2 aliphatic rings. The Labute approximate surface area is 135 Å². The summed E-state index contributed by atoms with van der Waals surface area (Å²) in [6.07, 6.45) is 3.69. The monoisotopic (exact) mass is 321 g/mol. The summed E-state index contributed by atoms with van der Waals surface area (Å²) in [5.41, 5.74) is 6.62. The van der Waals surface area contributed by atoms with Gasteiger partial charge in [-0.05, 0) is 61.2 Å². The fourth-order valence-corrected chi connectivity index (χ4v) is 4.24. The van der Waals surface area contributed by atoms with Gasteiger partial charge in [0.15, 0.2) is 0 Å². The smallest absolute Gasteiger partial charge is 0.237 e. The van der Waals surface area contributed by atoms with Crippen LogP contribution in [0.15, 0.2) is 16.8 Å². The van der Waals surface area contributed by atoms with E-state index in [1.165, 1.54) is 5.56 Å². The van der Waals surface area contributed by atoms with Crippen molar-refractivity contribution >= 4 is 23.2 Å². The van der Waals surface area contributed by atoms with Crippen molar-refractivity contribution in [2.24, 2.45) is 11.7 Å². The lowest BCUT2D eigenvalue weighted by atomic mass is 9.96. The quantitative estimate of drug-likeness (QED) is 0.916. The van der Waals surface area contributed by atoms with E-state index >= 15 is 0 Å². The first kappa shape index (κ1) is 15.5. The Morgan fingerprint density at radius 3 is 2.64 bits per heavy atom. The van der Waals surface area contributed by atoms with Crippen molar-refractivity contribution in [3.05, 3.63) is 22.4 Å². The average Bonchev–Trinajstić information content (AvgIpc) is 3.18. The highest BCUT2D eigenvalue weighted by atomic mass is 32.1. The third-order valence-corrected chi connectivity index (χ3v) is 5.55. The van der Waals surface area contributed by atoms with E-state index in [1.807, 2.05) is 4.90 Å². The molecule has 2 amide bonds. The number of carbonyl (C=O) groups is 2. The number of likely N-dealkylation sites (tertiary alicyclic amines) is 2. The molecule has 2 saturated heterocycles. The van der Waals surface area contributed by atoms with Crippen LogP contribution in [0.3, 0.4) is 0 Å². The molecule has 1 atom stereocenters. The maximum Gasteiger partial charge on any atom is 0.237 e. The first-order valence-corrected chi connectivity index (χ1v) is 8.92. The van der Waals surface area contributed by atoms with Gasteiger partial charge in [-0.1, -0.05) is 0 Å². The highest BCUT2D eigenvalue weighted by Crippen LogP contribution is 2.33. The van der Waals surface area contributed by atoms with Gasteiger partial charge in [0, 0.05) is 12.5 Å². The summed E-state index contributed by atoms with van der Waals surface area (Å²) in [4.78, 5) is 28.0. The second-order valence-corrected chi connectivity index (χ2v) is 7.03. The number of hydrogen-bond acceptors (Lipinski definition) is 4. The lowest BCUT2D eigenvalue weighted by Gasteiger charge is -2.32. The number of amides is 2. The van der Waals surface area contributed by atoms with Crippen LogP contribution in [-0.2, 0) is 9.59 Å². The van der Waals surface area contributed by atoms with Crippen molar-refractivity contribution < 1.29 is 9.59 Å². The molecule has 0 aliphatic carbocycles. The van der Waals surface area contributed by atoms with Crippen molar-refractivity contribution in [1.29, 1.82) is 0 Å². The minimum atomic E-state index is -0.206. The van der Waals surface area contributed by atoms with E-state index < -0.39 is 0 Å². The van der Waals surface area contributed by atoms with Crippen LogP contribution in [0.4, 0.5) is 0 Å². The molecule has 0 radical (unpaired) electrons. The number of rotatable bonds is 4. The van der Waals surface area contributed by atoms with Crippen molar-refractivity contribution in [2.75, 3.05) is 26.2 Å². The van der Waals surface area contributed by atoms with Gasteiger partial charge in [-0.15, -0.1) is 0 Å². The van der Waals surface area contributed by atoms with Gasteiger partial charge in [0.05, 0.1) is 12.6 Å². The SMILES string of the molecule is NC(=O)C1CCN(CC(=O)N2CCCC2c2ccsc2)CC1. The van der Waals surface area contributed by atoms with Gasteiger partial charge in [-0.2, -0.15) is 11.3 Å². The third kappa shape index (κ3) is 3.33. The maximum atomic E-state index is 12.6. The molecule has 2 fully saturated rings. The van der Waals surface area contributed by atoms with Crippen LogP contribution in [0, 0.1) is 5.92 Å². The summed E-state index contributed by atoms with van der Waals surface area (Å²) < 4.78 is 0. The Bertz CT molecular complexity index is 524. The van der Waals surface area contributed by atoms with E-state index in [0.29, 0.717) is 6.54 Å². The number of hydrogen-bond donors (Lipinski definition) is 1. The van der Waals surface area contributed by atoms with Gasteiger partial charge < -0.3 is 10.6 Å². The van der Waals surface area contributed by atoms with E-state index in [1.54, 1.807) is 11.3 Å². The predicted octanol–water partition coefficient (Wildman–Crippen LogP) is 1.61. The van der Waals surface area contributed by atoms with Crippen molar-refractivity contribution in [1.82, 2.24) is 9.80 Å². The maximum absolute atomic E-state index is 12.6. The largest absolute Gasteiger partial charge is 0.369 e. The van der Waals surface area contributed by atoms with Gasteiger partial charge in [0.2, 0.25) is 11.8 Å². The van der Waals surface area contributed by atoms with Crippen LogP contribution in [0.1, 0.15) is 37.3 Å². The summed E-state index contributed by atoms with van der Waals surface area (Å²) in [6, 6.07) is 2.38. The van der Waals surface area contributed by atoms with Crippen LogP contribution in [-0.4, -0.2) is 47.8 Å². The molecule has 22 heavy (non-hydrogen) atoms. The highest BCUT2D eigenvalue weighted by molar-refractivity contribution is 7.07. The van der Waals surface area contributed by atoms with Crippen LogP contribution < -0.4 is 5.73 Å². The molecular formula is C16H23N3O2S. The number of nitrogens with zero attached hydrogens (tertiary/aromatic N) is 2. The van der Waals surface area contributed by atoms with Crippen LogP contribution >= 0.6 is 11.3 Å². The van der Waals surface area contributed by atoms with E-state index in [9.17, 15) is 9.59 Å². The zero-order chi connectivity index (χ0) is 15.5. The summed E-state index contributed by atoms with van der Waals surface area (Å²) in [7, 11) is 0. The van der Waals surface area contributed by atoms with Gasteiger partial charge >= 0.3 is 0 Å². The standard InChI is InChI=1S/C16H23N3O2S/c17-16(21)12-3-7-18(8-4-12)10-15(20)19-6-1-2-14(19)13-5-9-22-11-13/h5,9,11-12,14H,1-4,6-8,10H2,(H2,17,21). The molecule has 120 valence electrons. The van der Waals surface area contributed by atoms with Crippen molar-refractivity contribution in [2.45, 2.75) is 31.7 Å². The molecule has 3 heterocycles. The first-order chi connectivity index (χ1) is 10.6. The molecule has 0 spiro atoms. The Balaban J connectivity index is 1.55. The Hall–Kier alpha value is -1.40. The molecule has 0 aromatic carbocycles. The fraction of sp³-hybridized carbons (Fsp3) is 0.625. The van der Waals surface area contributed by atoms with Crippen LogP contribution in [0.25, 0.3) is 0 Å². The molecule has 2 N–H and O–H groups in total. The topological polar surface area (TPSA) is 66.6 Å². The molecule has 3 rings (SSSR count). The predicted molar refractivity (Wildman–Crippen MR) is 86.4 cm³/mol. The van der Waals surface area contributed by atoms with Gasteiger partial charge in [0.1, 0.15) is 0 Å². The van der Waals surface area contributed by atoms with Crippen LogP contribution in [0.2, 0.25) is 0 Å². The molecule has 1 aromatic rings. The lowest BCUT2D eigenvalue weighted by molar-refractivity contribution is -0.133. The number of carbonyl (C=O) groups excluding carboxylic acids is 2. The van der Waals surface area contributed by atoms with E-state index in [0.717, 1.165) is 45.3 Å². The molecule has 1 aromatic heterocycles. The molecule has 1 unspecified atom stereocenters. The zero-order valence-electron chi connectivity index (χ0n) is 12.7. The number of thiophene rings is 1. The second kappa shape index (κ2) is 6.79. The van der Waals surface area contributed by atoms with Crippen molar-refractivity contribution in [3.8, 4) is 0 Å². The summed E-state index contributed by atoms with van der Waals surface area (Å²) in [5, 5.41) is 4.22. The first-order valence-electron chi connectivity index (χ1n) is 7.98. The Morgan fingerprint density at radius 2 is 2.00 bits per heavy atom. The minimum Gasteiger partial charge on any atom is -0.369 e. The normalized spacial score (nSPS) is 23.8. The summed E-state index contributed by atoms with van der Waals surface area (Å²) >= 11 is 1.69. The van der Waals surface area contributed by atoms with E-state index in [2.05, 4.69) is 21.7 Å². The summed E-state index contributed by atoms with van der Waals surface area (Å²) in [5.74, 6) is -0.00837. The highest BCUT2D eigenvalue weighted by Gasteiger charge is 2.32. The Morgan fingerprint density at radius 1 is 1.23 bits per heavy atom. The minimum absolute atomic E-state index is 0.0170. The number of piperidine rings is 1. The van der Waals surface area contributed by atoms with Crippen molar-refractivity contribution in [3.63, 3.8) is 0 Å². The summed E-state index contributed by atoms with van der Waals surface area (Å²) in [6.45, 7) is 2.90. The molecule has 6 heteroatoms. The van der Waals surface area contributed by atoms with Gasteiger partial charge in [-0.25, -0.2) is 0 Å². The van der Waals surface area contributed by atoms with Gasteiger partial charge in [0.25, 0.3) is 0 Å².